The van der Waals surface area contributed by atoms with Crippen LogP contribution in [-0.4, -0.2) is 59.8 Å². The van der Waals surface area contributed by atoms with E-state index in [2.05, 4.69) is 4.90 Å². The molecule has 152 valence electrons. The summed E-state index contributed by atoms with van der Waals surface area (Å²) in [4.78, 5) is 16.2. The van der Waals surface area contributed by atoms with Gasteiger partial charge in [0, 0.05) is 26.2 Å². The molecule has 2 heterocycles. The molecule has 2 atom stereocenters. The van der Waals surface area contributed by atoms with Gasteiger partial charge in [-0.1, -0.05) is 0 Å². The molecule has 0 aromatic heterocycles. The molecule has 1 aromatic carbocycles. The average Bonchev–Trinajstić information content (AvgIpc) is 2.58. The molecule has 2 aliphatic heterocycles. The van der Waals surface area contributed by atoms with Crippen molar-refractivity contribution in [1.29, 1.82) is 5.26 Å². The third kappa shape index (κ3) is 4.10. The molecule has 0 saturated carbocycles. The van der Waals surface area contributed by atoms with Crippen LogP contribution in [0.5, 0.6) is 0 Å². The van der Waals surface area contributed by atoms with Crippen molar-refractivity contribution in [3.05, 3.63) is 34.9 Å². The lowest BCUT2D eigenvalue weighted by atomic mass is 9.93. The number of amides is 1. The van der Waals surface area contributed by atoms with Gasteiger partial charge in [-0.25, -0.2) is 13.6 Å². The van der Waals surface area contributed by atoms with Gasteiger partial charge in [-0.05, 0) is 45.4 Å². The summed E-state index contributed by atoms with van der Waals surface area (Å²) < 4.78 is 39.3. The van der Waals surface area contributed by atoms with Gasteiger partial charge in [-0.15, -0.1) is 0 Å². The number of nitriles is 1. The number of halogens is 2. The van der Waals surface area contributed by atoms with Crippen LogP contribution in [0.15, 0.2) is 12.1 Å². The third-order valence-electron chi connectivity index (χ3n) is 5.12. The van der Waals surface area contributed by atoms with Gasteiger partial charge in [-0.2, -0.15) is 5.26 Å². The van der Waals surface area contributed by atoms with Crippen molar-refractivity contribution in [1.82, 2.24) is 9.80 Å². The first kappa shape index (κ1) is 20.5. The largest absolute Gasteiger partial charge is 0.444 e. The molecule has 2 aliphatic rings. The molecule has 8 heteroatoms. The van der Waals surface area contributed by atoms with Gasteiger partial charge in [0.25, 0.3) is 0 Å². The second-order valence-corrected chi connectivity index (χ2v) is 8.62. The molecule has 2 unspecified atom stereocenters. The van der Waals surface area contributed by atoms with E-state index in [1.165, 1.54) is 6.07 Å². The van der Waals surface area contributed by atoms with Crippen LogP contribution < -0.4 is 0 Å². The van der Waals surface area contributed by atoms with Crippen molar-refractivity contribution in [3.63, 3.8) is 0 Å². The van der Waals surface area contributed by atoms with Crippen molar-refractivity contribution in [2.24, 2.45) is 0 Å². The molecular formula is C20H25F2N3O3. The fourth-order valence-corrected chi connectivity index (χ4v) is 3.65. The molecule has 28 heavy (non-hydrogen) atoms. The number of rotatable bonds is 1. The number of hydrogen-bond acceptors (Lipinski definition) is 5. The quantitative estimate of drug-likeness (QED) is 0.733. The van der Waals surface area contributed by atoms with E-state index in [1.807, 2.05) is 27.7 Å². The van der Waals surface area contributed by atoms with Crippen LogP contribution in [0.1, 0.15) is 44.9 Å². The Bertz CT molecular complexity index is 795. The highest BCUT2D eigenvalue weighted by molar-refractivity contribution is 5.68. The van der Waals surface area contributed by atoms with Crippen LogP contribution in [-0.2, 0) is 9.47 Å². The molecular weight excluding hydrogens is 368 g/mol. The maximum Gasteiger partial charge on any atom is 0.410 e. The average molecular weight is 393 g/mol. The van der Waals surface area contributed by atoms with Crippen LogP contribution in [0.2, 0.25) is 0 Å². The molecule has 0 spiro atoms. The zero-order chi connectivity index (χ0) is 20.7. The highest BCUT2D eigenvalue weighted by atomic mass is 19.1. The number of morpholine rings is 1. The molecule has 3 rings (SSSR count). The standard InChI is InChI=1S/C20H25F2N3O3/c1-19(2,3)28-18(26)24-5-6-25-10-17(27-12-20(25,4)11-24)13-7-15(21)14(9-23)16(22)8-13/h7-8,17H,5-6,10-12H2,1-4H3. The fourth-order valence-electron chi connectivity index (χ4n) is 3.65. The number of carbonyl (C=O) groups excluding carboxylic acids is 1. The van der Waals surface area contributed by atoms with Crippen LogP contribution in [0.25, 0.3) is 0 Å². The molecule has 1 amide bonds. The number of piperazine rings is 1. The second-order valence-electron chi connectivity index (χ2n) is 8.62. The minimum atomic E-state index is -0.885. The zero-order valence-electron chi connectivity index (χ0n) is 16.6. The Morgan fingerprint density at radius 2 is 1.96 bits per heavy atom. The van der Waals surface area contributed by atoms with Gasteiger partial charge >= 0.3 is 6.09 Å². The minimum Gasteiger partial charge on any atom is -0.444 e. The van der Waals surface area contributed by atoms with Crippen LogP contribution in [0.3, 0.4) is 0 Å². The van der Waals surface area contributed by atoms with Gasteiger partial charge in [0.15, 0.2) is 0 Å². The van der Waals surface area contributed by atoms with E-state index in [-0.39, 0.29) is 6.09 Å². The molecule has 0 radical (unpaired) electrons. The summed E-state index contributed by atoms with van der Waals surface area (Å²) in [6.07, 6.45) is -0.857. The first-order chi connectivity index (χ1) is 13.0. The number of benzene rings is 1. The molecule has 0 N–H and O–H groups in total. The Balaban J connectivity index is 1.71. The summed E-state index contributed by atoms with van der Waals surface area (Å²) in [6.45, 7) is 9.80. The normalized spacial score (nSPS) is 25.8. The summed E-state index contributed by atoms with van der Waals surface area (Å²) in [5.41, 5.74) is -1.19. The predicted molar refractivity (Wildman–Crippen MR) is 97.6 cm³/mol. The fraction of sp³-hybridized carbons (Fsp3) is 0.600. The Kier molecular flexibility index (Phi) is 5.34. The number of nitrogens with zero attached hydrogens (tertiary/aromatic N) is 3. The topological polar surface area (TPSA) is 65.8 Å². The van der Waals surface area contributed by atoms with Gasteiger partial charge in [-0.3, -0.25) is 4.90 Å². The lowest BCUT2D eigenvalue weighted by molar-refractivity contribution is -0.133. The number of ether oxygens (including phenoxy) is 2. The van der Waals surface area contributed by atoms with Crippen molar-refractivity contribution in [2.75, 3.05) is 32.8 Å². The lowest BCUT2D eigenvalue weighted by Gasteiger charge is -2.52. The highest BCUT2D eigenvalue weighted by Crippen LogP contribution is 2.34. The maximum atomic E-state index is 14.0. The van der Waals surface area contributed by atoms with Gasteiger partial charge < -0.3 is 14.4 Å². The Hall–Kier alpha value is -2.24. The number of hydrogen-bond donors (Lipinski definition) is 0. The van der Waals surface area contributed by atoms with Gasteiger partial charge in [0.05, 0.1) is 18.2 Å². The van der Waals surface area contributed by atoms with E-state index in [4.69, 9.17) is 14.7 Å². The number of fused-ring (bicyclic) bond motifs is 1. The van der Waals surface area contributed by atoms with E-state index in [9.17, 15) is 13.6 Å². The van der Waals surface area contributed by atoms with Gasteiger partial charge in [0.2, 0.25) is 0 Å². The van der Waals surface area contributed by atoms with E-state index in [1.54, 1.807) is 4.90 Å². The highest BCUT2D eigenvalue weighted by Gasteiger charge is 2.45. The maximum absolute atomic E-state index is 14.0. The van der Waals surface area contributed by atoms with E-state index in [0.717, 1.165) is 12.1 Å². The summed E-state index contributed by atoms with van der Waals surface area (Å²) >= 11 is 0. The molecule has 2 fully saturated rings. The minimum absolute atomic E-state index is 0.306. The van der Waals surface area contributed by atoms with Crippen LogP contribution in [0, 0.1) is 23.0 Å². The van der Waals surface area contributed by atoms with Crippen molar-refractivity contribution in [2.45, 2.75) is 44.9 Å². The molecule has 2 saturated heterocycles. The lowest BCUT2D eigenvalue weighted by Crippen LogP contribution is -2.67. The smallest absolute Gasteiger partial charge is 0.410 e. The zero-order valence-corrected chi connectivity index (χ0v) is 16.6. The second kappa shape index (κ2) is 7.30. The Labute approximate surface area is 163 Å². The summed E-state index contributed by atoms with van der Waals surface area (Å²) in [5.74, 6) is -1.77. The third-order valence-corrected chi connectivity index (χ3v) is 5.12. The summed E-state index contributed by atoms with van der Waals surface area (Å²) in [7, 11) is 0. The monoisotopic (exact) mass is 393 g/mol. The van der Waals surface area contributed by atoms with E-state index in [0.29, 0.717) is 38.3 Å². The first-order valence-electron chi connectivity index (χ1n) is 9.26. The molecule has 0 aliphatic carbocycles. The van der Waals surface area contributed by atoms with Gasteiger partial charge in [0.1, 0.15) is 28.9 Å². The summed E-state index contributed by atoms with van der Waals surface area (Å²) in [6, 6.07) is 3.84. The number of carbonyl (C=O) groups is 1. The van der Waals surface area contributed by atoms with Crippen molar-refractivity contribution >= 4 is 6.09 Å². The molecule has 1 aromatic rings. The van der Waals surface area contributed by atoms with Crippen molar-refractivity contribution in [3.8, 4) is 6.07 Å². The SMILES string of the molecule is CC(C)(C)OC(=O)N1CCN2CC(c3cc(F)c(C#N)c(F)c3)OCC2(C)C1. The van der Waals surface area contributed by atoms with Crippen molar-refractivity contribution < 1.29 is 23.0 Å². The predicted octanol–water partition coefficient (Wildman–Crippen LogP) is 3.22. The first-order valence-corrected chi connectivity index (χ1v) is 9.26. The Morgan fingerprint density at radius 1 is 1.32 bits per heavy atom. The van der Waals surface area contributed by atoms with E-state index >= 15 is 0 Å². The van der Waals surface area contributed by atoms with E-state index < -0.39 is 34.4 Å². The van der Waals surface area contributed by atoms with Crippen LogP contribution in [0.4, 0.5) is 13.6 Å². The Morgan fingerprint density at radius 3 is 2.54 bits per heavy atom. The molecule has 0 bridgehead atoms. The molecule has 6 nitrogen and oxygen atoms in total. The summed E-state index contributed by atoms with van der Waals surface area (Å²) in [5, 5.41) is 8.82. The van der Waals surface area contributed by atoms with Crippen LogP contribution >= 0.6 is 0 Å².